The fourth-order valence-electron chi connectivity index (χ4n) is 1.59. The van der Waals surface area contributed by atoms with Gasteiger partial charge in [-0.1, -0.05) is 0 Å². The first kappa shape index (κ1) is 7.58. The summed E-state index contributed by atoms with van der Waals surface area (Å²) in [5.41, 5.74) is 0. The summed E-state index contributed by atoms with van der Waals surface area (Å²) in [7, 11) is 0. The molecule has 2 heterocycles. The minimum Gasteiger partial charge on any atom is -0.465 e. The zero-order chi connectivity index (χ0) is 8.55. The van der Waals surface area contributed by atoms with Crippen molar-refractivity contribution in [2.45, 2.75) is 6.42 Å². The summed E-state index contributed by atoms with van der Waals surface area (Å²) >= 11 is 0. The Labute approximate surface area is 69.8 Å². The van der Waals surface area contributed by atoms with Crippen LogP contribution in [0.25, 0.3) is 0 Å². The third kappa shape index (κ3) is 1.07. The molecule has 2 rings (SSSR count). The first-order valence-electron chi connectivity index (χ1n) is 3.95. The van der Waals surface area contributed by atoms with Gasteiger partial charge in [-0.05, 0) is 6.42 Å². The van der Waals surface area contributed by atoms with E-state index in [1.165, 1.54) is 0 Å². The van der Waals surface area contributed by atoms with Crippen molar-refractivity contribution in [2.75, 3.05) is 13.2 Å². The first-order chi connectivity index (χ1) is 5.79. The van der Waals surface area contributed by atoms with Crippen LogP contribution in [0.2, 0.25) is 0 Å². The second kappa shape index (κ2) is 2.77. The lowest BCUT2D eigenvalue weighted by molar-refractivity contribution is -0.149. The van der Waals surface area contributed by atoms with Gasteiger partial charge in [-0.15, -0.1) is 0 Å². The largest absolute Gasteiger partial charge is 0.465 e. The summed E-state index contributed by atoms with van der Waals surface area (Å²) in [6.07, 6.45) is 2.37. The van der Waals surface area contributed by atoms with Gasteiger partial charge in [0.15, 0.2) is 0 Å². The Balaban J connectivity index is 2.08. The number of carbonyl (C=O) groups is 2. The molecule has 12 heavy (non-hydrogen) atoms. The van der Waals surface area contributed by atoms with Crippen molar-refractivity contribution < 1.29 is 19.1 Å². The van der Waals surface area contributed by atoms with Crippen molar-refractivity contribution in [1.82, 2.24) is 0 Å². The Morgan fingerprint density at radius 3 is 2.58 bits per heavy atom. The van der Waals surface area contributed by atoms with Gasteiger partial charge in [0, 0.05) is 6.42 Å². The number of hydrogen-bond acceptors (Lipinski definition) is 4. The van der Waals surface area contributed by atoms with Gasteiger partial charge in [-0.3, -0.25) is 9.59 Å². The summed E-state index contributed by atoms with van der Waals surface area (Å²) in [5.74, 6) is -1.21. The van der Waals surface area contributed by atoms with Crippen molar-refractivity contribution in [3.63, 3.8) is 0 Å². The number of rotatable bonds is 1. The Morgan fingerprint density at radius 1 is 1.25 bits per heavy atom. The highest BCUT2D eigenvalue weighted by molar-refractivity contribution is 5.85. The molecule has 2 atom stereocenters. The SMILES string of the molecule is O=C1OC[CH]C1C1CCOC1=O. The van der Waals surface area contributed by atoms with Gasteiger partial charge in [-0.25, -0.2) is 0 Å². The van der Waals surface area contributed by atoms with Crippen LogP contribution in [0, 0.1) is 18.3 Å². The molecule has 2 aliphatic rings. The van der Waals surface area contributed by atoms with Crippen LogP contribution >= 0.6 is 0 Å². The summed E-state index contributed by atoms with van der Waals surface area (Å²) in [5, 5.41) is 0. The molecule has 65 valence electrons. The minimum absolute atomic E-state index is 0.268. The molecule has 0 aliphatic carbocycles. The average Bonchev–Trinajstić information content (AvgIpc) is 2.59. The van der Waals surface area contributed by atoms with E-state index >= 15 is 0 Å². The molecule has 4 nitrogen and oxygen atoms in total. The van der Waals surface area contributed by atoms with E-state index in [-0.39, 0.29) is 23.8 Å². The molecular weight excluding hydrogens is 160 g/mol. The Kier molecular flexibility index (Phi) is 1.75. The standard InChI is InChI=1S/C8H9O4/c9-7-5(1-3-11-7)6-2-4-12-8(6)10/h1,5-6H,2-4H2. The summed E-state index contributed by atoms with van der Waals surface area (Å²) in [6.45, 7) is 0.758. The molecule has 1 radical (unpaired) electrons. The topological polar surface area (TPSA) is 52.6 Å². The molecule has 2 saturated heterocycles. The summed E-state index contributed by atoms with van der Waals surface area (Å²) in [4.78, 5) is 22.1. The first-order valence-corrected chi connectivity index (χ1v) is 3.95. The lowest BCUT2D eigenvalue weighted by atomic mass is 9.90. The number of hydrogen-bond donors (Lipinski definition) is 0. The van der Waals surface area contributed by atoms with E-state index in [1.807, 2.05) is 0 Å². The van der Waals surface area contributed by atoms with Crippen molar-refractivity contribution in [3.8, 4) is 0 Å². The van der Waals surface area contributed by atoms with Crippen LogP contribution in [0.3, 0.4) is 0 Å². The van der Waals surface area contributed by atoms with Crippen LogP contribution in [-0.2, 0) is 19.1 Å². The van der Waals surface area contributed by atoms with Crippen molar-refractivity contribution >= 4 is 11.9 Å². The molecule has 2 aliphatic heterocycles. The van der Waals surface area contributed by atoms with Gasteiger partial charge in [0.25, 0.3) is 0 Å². The van der Waals surface area contributed by atoms with E-state index in [2.05, 4.69) is 0 Å². The van der Waals surface area contributed by atoms with E-state index in [0.717, 1.165) is 0 Å². The Hall–Kier alpha value is -1.06. The van der Waals surface area contributed by atoms with Gasteiger partial charge < -0.3 is 9.47 Å². The second-order valence-electron chi connectivity index (χ2n) is 2.95. The van der Waals surface area contributed by atoms with Gasteiger partial charge in [0.05, 0.1) is 25.0 Å². The number of ether oxygens (including phenoxy) is 2. The van der Waals surface area contributed by atoms with Crippen LogP contribution in [0.4, 0.5) is 0 Å². The molecule has 0 bridgehead atoms. The molecular formula is C8H9O4. The summed E-state index contributed by atoms with van der Waals surface area (Å²) < 4.78 is 9.48. The highest BCUT2D eigenvalue weighted by atomic mass is 16.5. The monoisotopic (exact) mass is 169 g/mol. The fraction of sp³-hybridized carbons (Fsp3) is 0.625. The highest BCUT2D eigenvalue weighted by Gasteiger charge is 2.41. The highest BCUT2D eigenvalue weighted by Crippen LogP contribution is 2.29. The van der Waals surface area contributed by atoms with Gasteiger partial charge in [0.2, 0.25) is 0 Å². The quantitative estimate of drug-likeness (QED) is 0.515. The maximum Gasteiger partial charge on any atom is 0.310 e. The molecule has 0 aromatic heterocycles. The van der Waals surface area contributed by atoms with Crippen LogP contribution in [0.5, 0.6) is 0 Å². The third-order valence-electron chi connectivity index (χ3n) is 2.26. The predicted molar refractivity (Wildman–Crippen MR) is 37.8 cm³/mol. The molecule has 0 aromatic rings. The molecule has 0 spiro atoms. The van der Waals surface area contributed by atoms with Crippen LogP contribution in [0.15, 0.2) is 0 Å². The van der Waals surface area contributed by atoms with E-state index in [9.17, 15) is 9.59 Å². The zero-order valence-electron chi connectivity index (χ0n) is 6.49. The maximum atomic E-state index is 11.1. The predicted octanol–water partition coefficient (Wildman–Crippen LogP) is -0.0732. The van der Waals surface area contributed by atoms with Gasteiger partial charge in [-0.2, -0.15) is 0 Å². The maximum absolute atomic E-state index is 11.1. The molecule has 2 fully saturated rings. The zero-order valence-corrected chi connectivity index (χ0v) is 6.49. The van der Waals surface area contributed by atoms with Gasteiger partial charge in [0.1, 0.15) is 0 Å². The Morgan fingerprint density at radius 2 is 2.08 bits per heavy atom. The molecule has 4 heteroatoms. The van der Waals surface area contributed by atoms with E-state index in [1.54, 1.807) is 6.42 Å². The molecule has 0 amide bonds. The second-order valence-corrected chi connectivity index (χ2v) is 2.95. The van der Waals surface area contributed by atoms with E-state index in [0.29, 0.717) is 19.6 Å². The lowest BCUT2D eigenvalue weighted by Gasteiger charge is -2.08. The van der Waals surface area contributed by atoms with Crippen LogP contribution in [0.1, 0.15) is 6.42 Å². The van der Waals surface area contributed by atoms with E-state index in [4.69, 9.17) is 9.47 Å². The summed E-state index contributed by atoms with van der Waals surface area (Å²) in [6, 6.07) is 0. The van der Waals surface area contributed by atoms with Gasteiger partial charge >= 0.3 is 11.9 Å². The van der Waals surface area contributed by atoms with Crippen molar-refractivity contribution in [1.29, 1.82) is 0 Å². The average molecular weight is 169 g/mol. The minimum atomic E-state index is -0.361. The van der Waals surface area contributed by atoms with Crippen LogP contribution in [-0.4, -0.2) is 25.2 Å². The number of cyclic esters (lactones) is 2. The smallest absolute Gasteiger partial charge is 0.310 e. The lowest BCUT2D eigenvalue weighted by Crippen LogP contribution is -2.23. The molecule has 0 saturated carbocycles. The Bertz CT molecular complexity index is 199. The van der Waals surface area contributed by atoms with E-state index < -0.39 is 0 Å². The normalized spacial score (nSPS) is 35.0. The third-order valence-corrected chi connectivity index (χ3v) is 2.26. The number of carbonyl (C=O) groups excluding carboxylic acids is 2. The molecule has 2 unspecified atom stereocenters. The molecule has 0 N–H and O–H groups in total. The van der Waals surface area contributed by atoms with Crippen LogP contribution < -0.4 is 0 Å². The number of esters is 2. The molecule has 0 aromatic carbocycles. The van der Waals surface area contributed by atoms with Crippen molar-refractivity contribution in [2.24, 2.45) is 11.8 Å². The fourth-order valence-corrected chi connectivity index (χ4v) is 1.59. The van der Waals surface area contributed by atoms with Crippen molar-refractivity contribution in [3.05, 3.63) is 6.42 Å².